The van der Waals surface area contributed by atoms with Gasteiger partial charge in [0.2, 0.25) is 0 Å². The third-order valence-electron chi connectivity index (χ3n) is 5.10. The van der Waals surface area contributed by atoms with Crippen molar-refractivity contribution >= 4 is 28.1 Å². The number of nitrogens with zero attached hydrogens (tertiary/aromatic N) is 1. The lowest BCUT2D eigenvalue weighted by Crippen LogP contribution is -2.18. The van der Waals surface area contributed by atoms with Crippen LogP contribution in [0.3, 0.4) is 0 Å². The SMILES string of the molecule is COc1ccccc1C(Nc1ccccn1)c1c(NC(=O)c2ccco2)sc(C)c1C. The first kappa shape index (κ1) is 20.7. The first-order chi connectivity index (χ1) is 15.1. The van der Waals surface area contributed by atoms with Gasteiger partial charge in [0.05, 0.1) is 19.4 Å². The van der Waals surface area contributed by atoms with Crippen molar-refractivity contribution in [3.63, 3.8) is 0 Å². The summed E-state index contributed by atoms with van der Waals surface area (Å²) in [6, 6.07) is 16.6. The van der Waals surface area contributed by atoms with E-state index in [0.717, 1.165) is 38.1 Å². The molecule has 1 amide bonds. The van der Waals surface area contributed by atoms with E-state index >= 15 is 0 Å². The van der Waals surface area contributed by atoms with Crippen molar-refractivity contribution < 1.29 is 13.9 Å². The van der Waals surface area contributed by atoms with Crippen LogP contribution < -0.4 is 15.4 Å². The molecule has 0 aliphatic heterocycles. The highest BCUT2D eigenvalue weighted by Crippen LogP contribution is 2.43. The highest BCUT2D eigenvalue weighted by Gasteiger charge is 2.27. The monoisotopic (exact) mass is 433 g/mol. The normalized spacial score (nSPS) is 11.7. The number of aryl methyl sites for hydroxylation is 1. The summed E-state index contributed by atoms with van der Waals surface area (Å²) in [5.74, 6) is 1.46. The largest absolute Gasteiger partial charge is 0.496 e. The number of hydrogen-bond donors (Lipinski definition) is 2. The number of carbonyl (C=O) groups is 1. The predicted octanol–water partition coefficient (Wildman–Crippen LogP) is 5.82. The summed E-state index contributed by atoms with van der Waals surface area (Å²) in [6.07, 6.45) is 3.23. The molecule has 7 heteroatoms. The minimum absolute atomic E-state index is 0.265. The van der Waals surface area contributed by atoms with Gasteiger partial charge in [-0.2, -0.15) is 0 Å². The molecule has 3 aromatic heterocycles. The molecule has 158 valence electrons. The van der Waals surface area contributed by atoms with Crippen molar-refractivity contribution in [3.8, 4) is 5.75 Å². The van der Waals surface area contributed by atoms with Gasteiger partial charge in [0, 0.05) is 22.2 Å². The van der Waals surface area contributed by atoms with Crippen molar-refractivity contribution in [3.05, 3.63) is 94.4 Å². The van der Waals surface area contributed by atoms with Crippen molar-refractivity contribution in [1.29, 1.82) is 0 Å². The fourth-order valence-electron chi connectivity index (χ4n) is 3.46. The predicted molar refractivity (Wildman–Crippen MR) is 123 cm³/mol. The summed E-state index contributed by atoms with van der Waals surface area (Å²) >= 11 is 1.54. The number of para-hydroxylation sites is 1. The van der Waals surface area contributed by atoms with Crippen LogP contribution in [0.1, 0.15) is 38.2 Å². The van der Waals surface area contributed by atoms with Crippen molar-refractivity contribution in [2.45, 2.75) is 19.9 Å². The van der Waals surface area contributed by atoms with Crippen LogP contribution >= 0.6 is 11.3 Å². The van der Waals surface area contributed by atoms with Crippen LogP contribution in [0.4, 0.5) is 10.8 Å². The molecule has 0 aliphatic rings. The Morgan fingerprint density at radius 1 is 1.10 bits per heavy atom. The summed E-state index contributed by atoms with van der Waals surface area (Å²) in [6.45, 7) is 4.11. The molecule has 4 aromatic rings. The zero-order valence-corrected chi connectivity index (χ0v) is 18.3. The van der Waals surface area contributed by atoms with E-state index in [0.29, 0.717) is 0 Å². The summed E-state index contributed by atoms with van der Waals surface area (Å²) in [7, 11) is 1.65. The molecule has 0 bridgehead atoms. The molecule has 1 aromatic carbocycles. The number of benzene rings is 1. The lowest BCUT2D eigenvalue weighted by Gasteiger charge is -2.24. The van der Waals surface area contributed by atoms with E-state index in [4.69, 9.17) is 9.15 Å². The summed E-state index contributed by atoms with van der Waals surface area (Å²) in [4.78, 5) is 18.3. The number of methoxy groups -OCH3 is 1. The second-order valence-corrected chi connectivity index (χ2v) is 8.22. The molecule has 0 fully saturated rings. The number of nitrogens with one attached hydrogen (secondary N) is 2. The van der Waals surface area contributed by atoms with Crippen molar-refractivity contribution in [2.75, 3.05) is 17.7 Å². The second-order valence-electron chi connectivity index (χ2n) is 6.99. The Hall–Kier alpha value is -3.58. The Bertz CT molecular complexity index is 1170. The number of rotatable bonds is 7. The van der Waals surface area contributed by atoms with E-state index in [-0.39, 0.29) is 17.7 Å². The number of anilines is 2. The van der Waals surface area contributed by atoms with E-state index in [1.54, 1.807) is 25.4 Å². The Kier molecular flexibility index (Phi) is 6.04. The van der Waals surface area contributed by atoms with E-state index in [2.05, 4.69) is 22.5 Å². The first-order valence-corrected chi connectivity index (χ1v) is 10.7. The fourth-order valence-corrected chi connectivity index (χ4v) is 4.56. The molecule has 2 N–H and O–H groups in total. The average molecular weight is 434 g/mol. The first-order valence-electron chi connectivity index (χ1n) is 9.83. The summed E-state index contributed by atoms with van der Waals surface area (Å²) in [5, 5.41) is 7.32. The highest BCUT2D eigenvalue weighted by molar-refractivity contribution is 7.16. The highest BCUT2D eigenvalue weighted by atomic mass is 32.1. The zero-order valence-electron chi connectivity index (χ0n) is 17.5. The second kappa shape index (κ2) is 9.06. The molecular weight excluding hydrogens is 410 g/mol. The van der Waals surface area contributed by atoms with Crippen molar-refractivity contribution in [1.82, 2.24) is 4.98 Å². The van der Waals surface area contributed by atoms with Crippen LogP contribution in [0.5, 0.6) is 5.75 Å². The molecule has 3 heterocycles. The summed E-state index contributed by atoms with van der Waals surface area (Å²) in [5.41, 5.74) is 3.02. The van der Waals surface area contributed by atoms with Gasteiger partial charge < -0.3 is 19.8 Å². The van der Waals surface area contributed by atoms with E-state index in [1.807, 2.05) is 49.4 Å². The smallest absolute Gasteiger partial charge is 0.291 e. The van der Waals surface area contributed by atoms with Crippen LogP contribution in [0.15, 0.2) is 71.5 Å². The van der Waals surface area contributed by atoms with Crippen LogP contribution in [0, 0.1) is 13.8 Å². The summed E-state index contributed by atoms with van der Waals surface area (Å²) < 4.78 is 10.9. The number of furan rings is 1. The Balaban J connectivity index is 1.82. The van der Waals surface area contributed by atoms with Crippen molar-refractivity contribution in [2.24, 2.45) is 0 Å². The van der Waals surface area contributed by atoms with Gasteiger partial charge in [-0.15, -0.1) is 11.3 Å². The van der Waals surface area contributed by atoms with E-state index < -0.39 is 0 Å². The molecule has 0 aliphatic carbocycles. The van der Waals surface area contributed by atoms with Gasteiger partial charge in [-0.1, -0.05) is 24.3 Å². The average Bonchev–Trinajstić information content (AvgIpc) is 3.42. The molecule has 0 radical (unpaired) electrons. The Morgan fingerprint density at radius 2 is 1.90 bits per heavy atom. The molecule has 4 rings (SSSR count). The minimum atomic E-state index is -0.289. The molecule has 0 saturated carbocycles. The van der Waals surface area contributed by atoms with Crippen LogP contribution in [-0.2, 0) is 0 Å². The Morgan fingerprint density at radius 3 is 2.61 bits per heavy atom. The minimum Gasteiger partial charge on any atom is -0.496 e. The number of carbonyl (C=O) groups excluding carboxylic acids is 1. The molecule has 31 heavy (non-hydrogen) atoms. The van der Waals surface area contributed by atoms with Gasteiger partial charge >= 0.3 is 0 Å². The van der Waals surface area contributed by atoms with Crippen LogP contribution in [-0.4, -0.2) is 18.0 Å². The molecule has 6 nitrogen and oxygen atoms in total. The third-order valence-corrected chi connectivity index (χ3v) is 6.24. The lowest BCUT2D eigenvalue weighted by atomic mass is 9.95. The number of thiophene rings is 1. The number of ether oxygens (including phenoxy) is 1. The third kappa shape index (κ3) is 4.32. The zero-order chi connectivity index (χ0) is 21.8. The number of amides is 1. The fraction of sp³-hybridized carbons (Fsp3) is 0.167. The standard InChI is InChI=1S/C24H23N3O3S/c1-15-16(2)31-24(27-23(28)19-11-8-14-30-19)21(15)22(26-20-12-6-7-13-25-20)17-9-4-5-10-18(17)29-3/h4-14,22H,1-3H3,(H,25,26)(H,27,28). The lowest BCUT2D eigenvalue weighted by molar-refractivity contribution is 0.0997. The van der Waals surface area contributed by atoms with Gasteiger partial charge in [-0.25, -0.2) is 4.98 Å². The van der Waals surface area contributed by atoms with Gasteiger partial charge in [-0.05, 0) is 49.7 Å². The quantitative estimate of drug-likeness (QED) is 0.384. The van der Waals surface area contributed by atoms with E-state index in [1.165, 1.54) is 17.6 Å². The molecule has 0 spiro atoms. The van der Waals surface area contributed by atoms with Crippen LogP contribution in [0.2, 0.25) is 0 Å². The maximum Gasteiger partial charge on any atom is 0.291 e. The molecular formula is C24H23N3O3S. The van der Waals surface area contributed by atoms with E-state index in [9.17, 15) is 4.79 Å². The Labute approximate surface area is 184 Å². The maximum absolute atomic E-state index is 12.7. The maximum atomic E-state index is 12.7. The van der Waals surface area contributed by atoms with Crippen LogP contribution in [0.25, 0.3) is 0 Å². The molecule has 1 unspecified atom stereocenters. The number of aromatic nitrogens is 1. The number of pyridine rings is 1. The number of hydrogen-bond acceptors (Lipinski definition) is 6. The molecule has 0 saturated heterocycles. The molecule has 1 atom stereocenters. The topological polar surface area (TPSA) is 76.4 Å². The van der Waals surface area contributed by atoms with Gasteiger partial charge in [0.1, 0.15) is 16.6 Å². The van der Waals surface area contributed by atoms with Gasteiger partial charge in [0.25, 0.3) is 5.91 Å². The van der Waals surface area contributed by atoms with Gasteiger partial charge in [-0.3, -0.25) is 4.79 Å². The van der Waals surface area contributed by atoms with Gasteiger partial charge in [0.15, 0.2) is 5.76 Å².